The van der Waals surface area contributed by atoms with Crippen molar-refractivity contribution >= 4 is 22.2 Å². The van der Waals surface area contributed by atoms with Gasteiger partial charge in [-0.05, 0) is 87.4 Å². The number of hydrogen-bond donors (Lipinski definition) is 1. The number of amides is 1. The molecule has 1 aliphatic heterocycles. The number of nitrogens with zero attached hydrogens (tertiary/aromatic N) is 1. The fraction of sp³-hybridized carbons (Fsp3) is 0.464. The molecule has 1 fully saturated rings. The van der Waals surface area contributed by atoms with Crippen LogP contribution in [-0.2, 0) is 12.8 Å². The third-order valence-corrected chi connectivity index (χ3v) is 8.60. The lowest BCUT2D eigenvalue weighted by molar-refractivity contribution is 0.0996. The first-order chi connectivity index (χ1) is 17.1. The van der Waals surface area contributed by atoms with Gasteiger partial charge in [-0.25, -0.2) is 0 Å². The summed E-state index contributed by atoms with van der Waals surface area (Å²) in [4.78, 5) is 17.0. The average Bonchev–Trinajstić information content (AvgIpc) is 3.54. The van der Waals surface area contributed by atoms with E-state index in [1.165, 1.54) is 35.1 Å². The number of piperidine rings is 1. The smallest absolute Gasteiger partial charge is 0.291 e. The first kappa shape index (κ1) is 23.9. The van der Waals surface area contributed by atoms with E-state index in [9.17, 15) is 4.79 Å². The predicted molar refractivity (Wildman–Crippen MR) is 139 cm³/mol. The van der Waals surface area contributed by atoms with E-state index in [2.05, 4.69) is 23.2 Å². The van der Waals surface area contributed by atoms with E-state index in [1.807, 2.05) is 12.1 Å². The maximum Gasteiger partial charge on any atom is 0.291 e. The number of carbonyl (C=O) groups excluding carboxylic acids is 1. The zero-order chi connectivity index (χ0) is 24.4. The van der Waals surface area contributed by atoms with Crippen LogP contribution in [0.4, 0.5) is 5.00 Å². The molecule has 5 rings (SSSR count). The Hall–Kier alpha value is -2.77. The van der Waals surface area contributed by atoms with E-state index >= 15 is 0 Å². The number of thiophene rings is 1. The number of carbonyl (C=O) groups is 1. The Balaban J connectivity index is 1.64. The number of ether oxygens (including phenoxy) is 2. The van der Waals surface area contributed by atoms with Crippen molar-refractivity contribution in [3.8, 4) is 11.5 Å². The lowest BCUT2D eigenvalue weighted by atomic mass is 9.86. The van der Waals surface area contributed by atoms with Crippen LogP contribution >= 0.6 is 11.3 Å². The highest BCUT2D eigenvalue weighted by atomic mass is 32.1. The third kappa shape index (κ3) is 4.84. The molecule has 1 atom stereocenters. The van der Waals surface area contributed by atoms with Crippen LogP contribution in [0.25, 0.3) is 0 Å². The molecule has 0 spiro atoms. The number of nitrogens with one attached hydrogen (secondary N) is 1. The summed E-state index contributed by atoms with van der Waals surface area (Å²) in [7, 11) is 3.39. The first-order valence-corrected chi connectivity index (χ1v) is 13.4. The molecule has 186 valence electrons. The number of aryl methyl sites for hydroxylation is 1. The molecule has 1 saturated heterocycles. The van der Waals surface area contributed by atoms with Crippen molar-refractivity contribution in [2.75, 3.05) is 32.6 Å². The molecule has 0 unspecified atom stereocenters. The van der Waals surface area contributed by atoms with Gasteiger partial charge in [0, 0.05) is 22.1 Å². The van der Waals surface area contributed by atoms with Crippen LogP contribution in [0, 0.1) is 5.92 Å². The largest absolute Gasteiger partial charge is 0.497 e. The minimum Gasteiger partial charge on any atom is -0.497 e. The Kier molecular flexibility index (Phi) is 7.16. The van der Waals surface area contributed by atoms with Gasteiger partial charge < -0.3 is 19.2 Å². The number of furan rings is 1. The number of hydrogen-bond acceptors (Lipinski definition) is 6. The summed E-state index contributed by atoms with van der Waals surface area (Å²) >= 11 is 1.73. The van der Waals surface area contributed by atoms with Crippen LogP contribution in [0.2, 0.25) is 0 Å². The molecule has 1 aliphatic carbocycles. The number of likely N-dealkylation sites (tertiary alicyclic amines) is 1. The molecule has 6 nitrogen and oxygen atoms in total. The van der Waals surface area contributed by atoms with Gasteiger partial charge in [-0.1, -0.05) is 6.92 Å². The zero-order valence-corrected chi connectivity index (χ0v) is 21.6. The normalized spacial score (nSPS) is 17.6. The van der Waals surface area contributed by atoms with Crippen LogP contribution in [0.1, 0.15) is 70.8 Å². The second-order valence-corrected chi connectivity index (χ2v) is 10.7. The quantitative estimate of drug-likeness (QED) is 0.417. The lowest BCUT2D eigenvalue weighted by Crippen LogP contribution is -2.37. The minimum atomic E-state index is -0.206. The van der Waals surface area contributed by atoms with Crippen molar-refractivity contribution in [2.45, 2.75) is 51.5 Å². The van der Waals surface area contributed by atoms with Gasteiger partial charge in [0.05, 0.1) is 26.5 Å². The van der Waals surface area contributed by atoms with Crippen molar-refractivity contribution < 1.29 is 18.7 Å². The van der Waals surface area contributed by atoms with E-state index < -0.39 is 0 Å². The number of anilines is 1. The van der Waals surface area contributed by atoms with Gasteiger partial charge in [0.25, 0.3) is 5.91 Å². The van der Waals surface area contributed by atoms with Crippen LogP contribution in [-0.4, -0.2) is 38.1 Å². The summed E-state index contributed by atoms with van der Waals surface area (Å²) in [6.07, 6.45) is 8.33. The van der Waals surface area contributed by atoms with E-state index in [-0.39, 0.29) is 11.9 Å². The van der Waals surface area contributed by atoms with E-state index in [1.54, 1.807) is 37.7 Å². The predicted octanol–water partition coefficient (Wildman–Crippen LogP) is 6.31. The molecule has 2 aromatic heterocycles. The van der Waals surface area contributed by atoms with Crippen LogP contribution in [0.3, 0.4) is 0 Å². The Bertz CT molecular complexity index is 1160. The van der Waals surface area contributed by atoms with Crippen molar-refractivity contribution in [3.05, 3.63) is 63.9 Å². The fourth-order valence-electron chi connectivity index (χ4n) is 5.41. The molecule has 1 aromatic carbocycles. The Labute approximate surface area is 211 Å². The second kappa shape index (κ2) is 10.5. The number of methoxy groups -OCH3 is 2. The van der Waals surface area contributed by atoms with Crippen LogP contribution in [0.5, 0.6) is 11.5 Å². The standard InChI is InChI=1S/C28H34N2O4S/c1-18-12-14-30(15-13-18)26(20-11-10-19(32-2)17-23(20)33-3)25-21-7-4-5-9-24(21)35-28(25)29-27(31)22-8-6-16-34-22/h6,8,10-11,16-18,26H,4-5,7,9,12-15H2,1-3H3,(H,29,31)/t26-/m0/s1. The molecule has 1 N–H and O–H groups in total. The van der Waals surface area contributed by atoms with Gasteiger partial charge in [-0.15, -0.1) is 11.3 Å². The SMILES string of the molecule is COc1ccc([C@@H](c2c(NC(=O)c3ccco3)sc3c2CCCC3)N2CCC(C)CC2)c(OC)c1. The maximum atomic E-state index is 13.1. The molecule has 0 bridgehead atoms. The van der Waals surface area contributed by atoms with E-state index in [0.717, 1.165) is 66.8 Å². The van der Waals surface area contributed by atoms with E-state index in [0.29, 0.717) is 5.76 Å². The van der Waals surface area contributed by atoms with Gasteiger partial charge in [-0.2, -0.15) is 0 Å². The molecular formula is C28H34N2O4S. The minimum absolute atomic E-state index is 0.00615. The van der Waals surface area contributed by atoms with Crippen molar-refractivity contribution in [1.82, 2.24) is 4.90 Å². The van der Waals surface area contributed by atoms with Gasteiger partial charge >= 0.3 is 0 Å². The highest BCUT2D eigenvalue weighted by Crippen LogP contribution is 2.48. The highest BCUT2D eigenvalue weighted by Gasteiger charge is 2.35. The molecule has 1 amide bonds. The molecular weight excluding hydrogens is 460 g/mol. The summed E-state index contributed by atoms with van der Waals surface area (Å²) in [5, 5.41) is 4.15. The Morgan fingerprint density at radius 2 is 1.94 bits per heavy atom. The van der Waals surface area contributed by atoms with Crippen molar-refractivity contribution in [3.63, 3.8) is 0 Å². The summed E-state index contributed by atoms with van der Waals surface area (Å²) in [6.45, 7) is 4.36. The van der Waals surface area contributed by atoms with Gasteiger partial charge in [0.1, 0.15) is 16.5 Å². The molecule has 0 saturated carbocycles. The van der Waals surface area contributed by atoms with Crippen molar-refractivity contribution in [1.29, 1.82) is 0 Å². The van der Waals surface area contributed by atoms with Gasteiger partial charge in [-0.3, -0.25) is 9.69 Å². The highest BCUT2D eigenvalue weighted by molar-refractivity contribution is 7.16. The molecule has 35 heavy (non-hydrogen) atoms. The van der Waals surface area contributed by atoms with Crippen molar-refractivity contribution in [2.24, 2.45) is 5.92 Å². The van der Waals surface area contributed by atoms with Crippen LogP contribution < -0.4 is 14.8 Å². The molecule has 3 heterocycles. The van der Waals surface area contributed by atoms with Gasteiger partial charge in [0.2, 0.25) is 0 Å². The Morgan fingerprint density at radius 1 is 1.14 bits per heavy atom. The lowest BCUT2D eigenvalue weighted by Gasteiger charge is -2.38. The number of benzene rings is 1. The summed E-state index contributed by atoms with van der Waals surface area (Å²) in [6, 6.07) is 9.55. The summed E-state index contributed by atoms with van der Waals surface area (Å²) in [5.41, 5.74) is 3.74. The van der Waals surface area contributed by atoms with Gasteiger partial charge in [0.15, 0.2) is 5.76 Å². The summed E-state index contributed by atoms with van der Waals surface area (Å²) in [5.74, 6) is 2.43. The first-order valence-electron chi connectivity index (χ1n) is 12.5. The van der Waals surface area contributed by atoms with Crippen LogP contribution in [0.15, 0.2) is 41.0 Å². The number of fused-ring (bicyclic) bond motifs is 1. The second-order valence-electron chi connectivity index (χ2n) is 9.61. The Morgan fingerprint density at radius 3 is 2.66 bits per heavy atom. The molecule has 7 heteroatoms. The molecule has 3 aromatic rings. The van der Waals surface area contributed by atoms with E-state index in [4.69, 9.17) is 13.9 Å². The average molecular weight is 495 g/mol. The monoisotopic (exact) mass is 494 g/mol. The molecule has 0 radical (unpaired) electrons. The zero-order valence-electron chi connectivity index (χ0n) is 20.8. The topological polar surface area (TPSA) is 63.9 Å². The fourth-order valence-corrected chi connectivity index (χ4v) is 6.73. The molecule has 2 aliphatic rings. The maximum absolute atomic E-state index is 13.1. The number of rotatable bonds is 7. The summed E-state index contributed by atoms with van der Waals surface area (Å²) < 4.78 is 16.8. The third-order valence-electron chi connectivity index (χ3n) is 7.38.